The Bertz CT molecular complexity index is 483. The van der Waals surface area contributed by atoms with Crippen molar-refractivity contribution in [3.63, 3.8) is 0 Å². The van der Waals surface area contributed by atoms with Crippen LogP contribution in [0.15, 0.2) is 24.3 Å². The number of nitriles is 1. The average Bonchev–Trinajstić information content (AvgIpc) is 2.38. The van der Waals surface area contributed by atoms with Crippen molar-refractivity contribution in [2.45, 2.75) is 37.4 Å². The van der Waals surface area contributed by atoms with Gasteiger partial charge >= 0.3 is 0 Å². The predicted molar refractivity (Wildman–Crippen MR) is 78.0 cm³/mol. The van der Waals surface area contributed by atoms with Crippen LogP contribution in [-0.4, -0.2) is 27.6 Å². The maximum Gasteiger partial charge on any atom is 0.237 e. The number of nitrogens with one attached hydrogen (secondary N) is 1. The van der Waals surface area contributed by atoms with E-state index in [4.69, 9.17) is 5.26 Å². The van der Waals surface area contributed by atoms with Gasteiger partial charge in [0.2, 0.25) is 5.91 Å². The summed E-state index contributed by atoms with van der Waals surface area (Å²) in [5, 5.41) is 20.7. The van der Waals surface area contributed by atoms with Gasteiger partial charge in [-0.05, 0) is 32.0 Å². The van der Waals surface area contributed by atoms with E-state index in [1.165, 1.54) is 11.8 Å². The lowest BCUT2D eigenvalue weighted by Gasteiger charge is -2.19. The topological polar surface area (TPSA) is 73.1 Å². The molecule has 0 spiro atoms. The second-order valence-corrected chi connectivity index (χ2v) is 6.13. The lowest BCUT2D eigenvalue weighted by molar-refractivity contribution is -0.115. The Kier molecular flexibility index (Phi) is 5.87. The maximum absolute atomic E-state index is 12.0. The third-order valence-electron chi connectivity index (χ3n) is 2.73. The molecule has 3 atom stereocenters. The molecular formula is C14H18N2O2S. The Balaban J connectivity index is 2.61. The molecule has 1 amide bonds. The van der Waals surface area contributed by atoms with Crippen molar-refractivity contribution in [1.82, 2.24) is 0 Å². The van der Waals surface area contributed by atoms with E-state index in [0.717, 1.165) is 0 Å². The molecule has 0 saturated heterocycles. The zero-order valence-corrected chi connectivity index (χ0v) is 12.1. The van der Waals surface area contributed by atoms with E-state index in [1.807, 2.05) is 13.0 Å². The standard InChI is InChI=1S/C14H18N2O2S/c1-9(17)10(2)19-11(3)14(18)16-13-6-4-5-12(7-13)8-15/h4-7,9-11,17H,1-3H3,(H,16,18). The monoisotopic (exact) mass is 278 g/mol. The molecule has 5 heteroatoms. The summed E-state index contributed by atoms with van der Waals surface area (Å²) in [5.74, 6) is -0.132. The number of amides is 1. The second kappa shape index (κ2) is 7.17. The van der Waals surface area contributed by atoms with Crippen molar-refractivity contribution in [2.24, 2.45) is 0 Å². The first kappa shape index (κ1) is 15.5. The lowest BCUT2D eigenvalue weighted by atomic mass is 10.2. The summed E-state index contributed by atoms with van der Waals surface area (Å²) in [6, 6.07) is 8.81. The largest absolute Gasteiger partial charge is 0.392 e. The molecule has 0 fully saturated rings. The summed E-state index contributed by atoms with van der Waals surface area (Å²) in [6.07, 6.45) is -0.456. The van der Waals surface area contributed by atoms with Crippen LogP contribution in [0.1, 0.15) is 26.3 Å². The normalized spacial score (nSPS) is 15.1. The molecule has 3 unspecified atom stereocenters. The van der Waals surface area contributed by atoms with Gasteiger partial charge < -0.3 is 10.4 Å². The molecule has 0 saturated carbocycles. The van der Waals surface area contributed by atoms with Crippen molar-refractivity contribution >= 4 is 23.4 Å². The van der Waals surface area contributed by atoms with Crippen LogP contribution < -0.4 is 5.32 Å². The molecule has 102 valence electrons. The number of anilines is 1. The molecule has 19 heavy (non-hydrogen) atoms. The number of thioether (sulfide) groups is 1. The van der Waals surface area contributed by atoms with Crippen LogP contribution >= 0.6 is 11.8 Å². The van der Waals surface area contributed by atoms with Gasteiger partial charge in [-0.25, -0.2) is 0 Å². The van der Waals surface area contributed by atoms with Crippen LogP contribution in [0.2, 0.25) is 0 Å². The summed E-state index contributed by atoms with van der Waals surface area (Å²) in [5.41, 5.74) is 1.12. The quantitative estimate of drug-likeness (QED) is 0.867. The fraction of sp³-hybridized carbons (Fsp3) is 0.429. The van der Waals surface area contributed by atoms with Crippen LogP contribution in [0.3, 0.4) is 0 Å². The van der Waals surface area contributed by atoms with Crippen molar-refractivity contribution in [2.75, 3.05) is 5.32 Å². The number of hydrogen-bond acceptors (Lipinski definition) is 4. The molecule has 0 aromatic heterocycles. The zero-order chi connectivity index (χ0) is 14.4. The van der Waals surface area contributed by atoms with Gasteiger partial charge in [0, 0.05) is 10.9 Å². The number of benzene rings is 1. The number of nitrogens with zero attached hydrogens (tertiary/aromatic N) is 1. The van der Waals surface area contributed by atoms with Gasteiger partial charge in [0.25, 0.3) is 0 Å². The fourth-order valence-corrected chi connectivity index (χ4v) is 2.46. The highest BCUT2D eigenvalue weighted by molar-refractivity contribution is 8.01. The number of aliphatic hydroxyl groups is 1. The molecule has 0 radical (unpaired) electrons. The average molecular weight is 278 g/mol. The molecule has 0 bridgehead atoms. The maximum atomic E-state index is 12.0. The molecule has 1 rings (SSSR count). The highest BCUT2D eigenvalue weighted by Crippen LogP contribution is 2.21. The molecule has 0 aliphatic carbocycles. The molecular weight excluding hydrogens is 260 g/mol. The minimum atomic E-state index is -0.456. The SMILES string of the molecule is CC(SC(C)C(C)O)C(=O)Nc1cccc(C#N)c1. The number of aliphatic hydroxyl groups excluding tert-OH is 1. The van der Waals surface area contributed by atoms with Gasteiger partial charge in [0.1, 0.15) is 0 Å². The predicted octanol–water partition coefficient (Wildman–Crippen LogP) is 2.39. The minimum absolute atomic E-state index is 0.00815. The number of carbonyl (C=O) groups is 1. The minimum Gasteiger partial charge on any atom is -0.392 e. The Hall–Kier alpha value is -1.51. The van der Waals surface area contributed by atoms with E-state index in [9.17, 15) is 9.90 Å². The molecule has 1 aromatic rings. The summed E-state index contributed by atoms with van der Waals surface area (Å²) in [6.45, 7) is 5.39. The summed E-state index contributed by atoms with van der Waals surface area (Å²) in [4.78, 5) is 12.0. The smallest absolute Gasteiger partial charge is 0.237 e. The highest BCUT2D eigenvalue weighted by atomic mass is 32.2. The van der Waals surface area contributed by atoms with E-state index in [0.29, 0.717) is 11.3 Å². The summed E-state index contributed by atoms with van der Waals surface area (Å²) < 4.78 is 0. The highest BCUT2D eigenvalue weighted by Gasteiger charge is 2.19. The Labute approximate surface area is 117 Å². The third kappa shape index (κ3) is 4.93. The van der Waals surface area contributed by atoms with E-state index in [2.05, 4.69) is 5.32 Å². The van der Waals surface area contributed by atoms with E-state index in [1.54, 1.807) is 38.1 Å². The van der Waals surface area contributed by atoms with E-state index in [-0.39, 0.29) is 16.4 Å². The molecule has 4 nitrogen and oxygen atoms in total. The van der Waals surface area contributed by atoms with E-state index >= 15 is 0 Å². The van der Waals surface area contributed by atoms with Gasteiger partial charge in [-0.3, -0.25) is 4.79 Å². The molecule has 2 N–H and O–H groups in total. The number of rotatable bonds is 5. The second-order valence-electron chi connectivity index (χ2n) is 4.41. The van der Waals surface area contributed by atoms with Crippen LogP contribution in [0.5, 0.6) is 0 Å². The summed E-state index contributed by atoms with van der Waals surface area (Å²) >= 11 is 1.42. The number of carbonyl (C=O) groups excluding carboxylic acids is 1. The molecule has 0 heterocycles. The molecule has 0 aliphatic heterocycles. The first-order valence-electron chi connectivity index (χ1n) is 6.08. The van der Waals surface area contributed by atoms with Crippen LogP contribution in [0, 0.1) is 11.3 Å². The Morgan fingerprint density at radius 3 is 2.68 bits per heavy atom. The molecule has 0 aliphatic rings. The zero-order valence-electron chi connectivity index (χ0n) is 11.3. The van der Waals surface area contributed by atoms with Crippen LogP contribution in [0.4, 0.5) is 5.69 Å². The fourth-order valence-electron chi connectivity index (χ4n) is 1.41. The van der Waals surface area contributed by atoms with Gasteiger partial charge in [-0.2, -0.15) is 5.26 Å². The lowest BCUT2D eigenvalue weighted by Crippen LogP contribution is -2.27. The van der Waals surface area contributed by atoms with Crippen molar-refractivity contribution < 1.29 is 9.90 Å². The summed E-state index contributed by atoms with van der Waals surface area (Å²) in [7, 11) is 0. The molecule has 1 aromatic carbocycles. The van der Waals surface area contributed by atoms with Gasteiger partial charge in [-0.1, -0.05) is 13.0 Å². The van der Waals surface area contributed by atoms with Gasteiger partial charge in [-0.15, -0.1) is 11.8 Å². The van der Waals surface area contributed by atoms with Gasteiger partial charge in [0.15, 0.2) is 0 Å². The first-order valence-corrected chi connectivity index (χ1v) is 7.03. The number of hydrogen-bond donors (Lipinski definition) is 2. The van der Waals surface area contributed by atoms with Crippen molar-refractivity contribution in [3.05, 3.63) is 29.8 Å². The Morgan fingerprint density at radius 1 is 1.42 bits per heavy atom. The van der Waals surface area contributed by atoms with E-state index < -0.39 is 6.10 Å². The third-order valence-corrected chi connectivity index (χ3v) is 4.17. The Morgan fingerprint density at radius 2 is 2.11 bits per heavy atom. The van der Waals surface area contributed by atoms with Gasteiger partial charge in [0.05, 0.1) is 23.0 Å². The van der Waals surface area contributed by atoms with Crippen LogP contribution in [-0.2, 0) is 4.79 Å². The van der Waals surface area contributed by atoms with Crippen molar-refractivity contribution in [3.8, 4) is 6.07 Å². The van der Waals surface area contributed by atoms with Crippen LogP contribution in [0.25, 0.3) is 0 Å². The van der Waals surface area contributed by atoms with Crippen molar-refractivity contribution in [1.29, 1.82) is 5.26 Å². The first-order chi connectivity index (χ1) is 8.93.